The van der Waals surface area contributed by atoms with E-state index < -0.39 is 10.0 Å². The molecule has 3 rings (SSSR count). The topological polar surface area (TPSA) is 68.3 Å². The van der Waals surface area contributed by atoms with Gasteiger partial charge in [0.05, 0.1) is 18.6 Å². The Labute approximate surface area is 157 Å². The van der Waals surface area contributed by atoms with Crippen LogP contribution >= 0.6 is 11.3 Å². The van der Waals surface area contributed by atoms with Gasteiger partial charge in [-0.1, -0.05) is 30.3 Å². The Hall–Kier alpha value is -2.22. The second-order valence-corrected chi connectivity index (χ2v) is 8.81. The predicted octanol–water partition coefficient (Wildman–Crippen LogP) is 3.53. The van der Waals surface area contributed by atoms with Crippen molar-refractivity contribution in [2.75, 3.05) is 7.11 Å². The van der Waals surface area contributed by atoms with Crippen molar-refractivity contribution in [3.8, 4) is 5.75 Å². The zero-order valence-corrected chi connectivity index (χ0v) is 16.2. The number of ether oxygens (including phenoxy) is 1. The number of nitrogens with one attached hydrogen (secondary N) is 1. The highest BCUT2D eigenvalue weighted by Crippen LogP contribution is 2.22. The summed E-state index contributed by atoms with van der Waals surface area (Å²) in [4.78, 5) is 5.65. The van der Waals surface area contributed by atoms with Gasteiger partial charge in [-0.15, -0.1) is 11.3 Å². The van der Waals surface area contributed by atoms with E-state index in [-0.39, 0.29) is 11.4 Å². The van der Waals surface area contributed by atoms with Crippen LogP contribution in [0.15, 0.2) is 59.6 Å². The third-order valence-electron chi connectivity index (χ3n) is 3.91. The van der Waals surface area contributed by atoms with Crippen LogP contribution in [0, 0.1) is 6.92 Å². The molecule has 26 heavy (non-hydrogen) atoms. The Balaban J connectivity index is 1.66. The first-order valence-electron chi connectivity index (χ1n) is 8.10. The molecule has 1 heterocycles. The first-order chi connectivity index (χ1) is 12.5. The Morgan fingerprint density at radius 1 is 1.15 bits per heavy atom. The van der Waals surface area contributed by atoms with Crippen LogP contribution in [0.5, 0.6) is 5.75 Å². The zero-order chi connectivity index (χ0) is 18.6. The summed E-state index contributed by atoms with van der Waals surface area (Å²) in [5.41, 5.74) is 1.98. The SMILES string of the molecule is COc1ccc(S(=O)(=O)NCc2ncc(Cc3ccccc3)s2)cc1C. The molecule has 0 spiro atoms. The predicted molar refractivity (Wildman–Crippen MR) is 103 cm³/mol. The van der Waals surface area contributed by atoms with Crippen molar-refractivity contribution < 1.29 is 13.2 Å². The smallest absolute Gasteiger partial charge is 0.240 e. The fourth-order valence-electron chi connectivity index (χ4n) is 2.57. The molecule has 0 atom stereocenters. The molecule has 1 aromatic heterocycles. The fraction of sp³-hybridized carbons (Fsp3) is 0.211. The standard InChI is InChI=1S/C19H20N2O3S2/c1-14-10-17(8-9-18(14)24-2)26(22,23)21-13-19-20-12-16(25-19)11-15-6-4-3-5-7-15/h3-10,12,21H,11,13H2,1-2H3. The van der Waals surface area contributed by atoms with Crippen molar-refractivity contribution in [2.45, 2.75) is 24.8 Å². The highest BCUT2D eigenvalue weighted by Gasteiger charge is 2.16. The minimum atomic E-state index is -3.59. The number of nitrogens with zero attached hydrogens (tertiary/aromatic N) is 1. The van der Waals surface area contributed by atoms with Gasteiger partial charge >= 0.3 is 0 Å². The van der Waals surface area contributed by atoms with E-state index >= 15 is 0 Å². The molecular weight excluding hydrogens is 368 g/mol. The van der Waals surface area contributed by atoms with E-state index in [2.05, 4.69) is 21.8 Å². The number of methoxy groups -OCH3 is 1. The molecule has 0 aliphatic heterocycles. The summed E-state index contributed by atoms with van der Waals surface area (Å²) >= 11 is 1.51. The lowest BCUT2D eigenvalue weighted by Crippen LogP contribution is -2.23. The normalized spacial score (nSPS) is 11.5. The maximum absolute atomic E-state index is 12.5. The third-order valence-corrected chi connectivity index (χ3v) is 6.31. The van der Waals surface area contributed by atoms with Gasteiger partial charge in [-0.25, -0.2) is 18.1 Å². The van der Waals surface area contributed by atoms with Crippen LogP contribution in [-0.4, -0.2) is 20.5 Å². The Kier molecular flexibility index (Phi) is 5.70. The van der Waals surface area contributed by atoms with Crippen molar-refractivity contribution in [1.29, 1.82) is 0 Å². The molecule has 0 aliphatic rings. The first kappa shape index (κ1) is 18.6. The van der Waals surface area contributed by atoms with Crippen molar-refractivity contribution in [2.24, 2.45) is 0 Å². The van der Waals surface area contributed by atoms with Crippen LogP contribution in [-0.2, 0) is 23.0 Å². The summed E-state index contributed by atoms with van der Waals surface area (Å²) in [7, 11) is -2.03. The number of benzene rings is 2. The van der Waals surface area contributed by atoms with Crippen LogP contribution in [0.1, 0.15) is 21.0 Å². The van der Waals surface area contributed by atoms with E-state index in [9.17, 15) is 8.42 Å². The van der Waals surface area contributed by atoms with Crippen molar-refractivity contribution in [3.63, 3.8) is 0 Å². The minimum Gasteiger partial charge on any atom is -0.496 e. The maximum Gasteiger partial charge on any atom is 0.240 e. The molecule has 0 radical (unpaired) electrons. The van der Waals surface area contributed by atoms with Gasteiger partial charge in [0.25, 0.3) is 0 Å². The molecule has 2 aromatic carbocycles. The second kappa shape index (κ2) is 7.99. The molecule has 0 amide bonds. The molecule has 136 valence electrons. The zero-order valence-electron chi connectivity index (χ0n) is 14.6. The number of sulfonamides is 1. The van der Waals surface area contributed by atoms with E-state index in [1.54, 1.807) is 25.4 Å². The molecule has 0 saturated carbocycles. The Bertz CT molecular complexity index is 983. The van der Waals surface area contributed by atoms with E-state index in [4.69, 9.17) is 4.74 Å². The van der Waals surface area contributed by atoms with Gasteiger partial charge in [0.2, 0.25) is 10.0 Å². The fourth-order valence-corrected chi connectivity index (χ4v) is 4.63. The summed E-state index contributed by atoms with van der Waals surface area (Å²) in [6, 6.07) is 14.9. The molecule has 0 bridgehead atoms. The van der Waals surface area contributed by atoms with Crippen LogP contribution < -0.4 is 9.46 Å². The average molecular weight is 389 g/mol. The van der Waals surface area contributed by atoms with Crippen LogP contribution in [0.25, 0.3) is 0 Å². The second-order valence-electron chi connectivity index (χ2n) is 5.84. The molecular formula is C19H20N2O3S2. The highest BCUT2D eigenvalue weighted by atomic mass is 32.2. The first-order valence-corrected chi connectivity index (χ1v) is 10.4. The molecule has 0 fully saturated rings. The largest absolute Gasteiger partial charge is 0.496 e. The number of aromatic nitrogens is 1. The molecule has 0 unspecified atom stereocenters. The van der Waals surface area contributed by atoms with Crippen LogP contribution in [0.2, 0.25) is 0 Å². The number of hydrogen-bond acceptors (Lipinski definition) is 5. The van der Waals surface area contributed by atoms with Crippen LogP contribution in [0.3, 0.4) is 0 Å². The van der Waals surface area contributed by atoms with Gasteiger partial charge in [-0.3, -0.25) is 0 Å². The third kappa shape index (κ3) is 4.49. The van der Waals surface area contributed by atoms with E-state index in [0.29, 0.717) is 5.75 Å². The lowest BCUT2D eigenvalue weighted by atomic mass is 10.1. The van der Waals surface area contributed by atoms with Gasteiger partial charge < -0.3 is 4.74 Å². The quantitative estimate of drug-likeness (QED) is 0.672. The highest BCUT2D eigenvalue weighted by molar-refractivity contribution is 7.89. The molecule has 1 N–H and O–H groups in total. The van der Waals surface area contributed by atoms with Gasteiger partial charge in [0, 0.05) is 17.5 Å². The molecule has 0 saturated heterocycles. The van der Waals surface area contributed by atoms with Gasteiger partial charge in [0.15, 0.2) is 0 Å². The Morgan fingerprint density at radius 3 is 2.62 bits per heavy atom. The summed E-state index contributed by atoms with van der Waals surface area (Å²) in [5, 5.41) is 0.740. The van der Waals surface area contributed by atoms with Gasteiger partial charge in [-0.05, 0) is 36.2 Å². The van der Waals surface area contributed by atoms with Crippen molar-refractivity contribution >= 4 is 21.4 Å². The Morgan fingerprint density at radius 2 is 1.92 bits per heavy atom. The van der Waals surface area contributed by atoms with E-state index in [0.717, 1.165) is 21.9 Å². The lowest BCUT2D eigenvalue weighted by Gasteiger charge is -2.09. The average Bonchev–Trinajstić information content (AvgIpc) is 3.08. The van der Waals surface area contributed by atoms with Crippen molar-refractivity contribution in [1.82, 2.24) is 9.71 Å². The number of thiazole rings is 1. The molecule has 7 heteroatoms. The lowest BCUT2D eigenvalue weighted by molar-refractivity contribution is 0.411. The molecule has 5 nitrogen and oxygen atoms in total. The van der Waals surface area contributed by atoms with Gasteiger partial charge in [-0.2, -0.15) is 0 Å². The van der Waals surface area contributed by atoms with E-state index in [1.165, 1.54) is 23.0 Å². The number of hydrogen-bond donors (Lipinski definition) is 1. The molecule has 0 aliphatic carbocycles. The molecule has 3 aromatic rings. The van der Waals surface area contributed by atoms with Crippen molar-refractivity contribution in [3.05, 3.63) is 75.7 Å². The minimum absolute atomic E-state index is 0.173. The number of aryl methyl sites for hydroxylation is 1. The summed E-state index contributed by atoms with van der Waals surface area (Å²) in [6.45, 7) is 1.99. The summed E-state index contributed by atoms with van der Waals surface area (Å²) in [6.07, 6.45) is 2.60. The summed E-state index contributed by atoms with van der Waals surface area (Å²) in [5.74, 6) is 0.662. The maximum atomic E-state index is 12.5. The van der Waals surface area contributed by atoms with Crippen LogP contribution in [0.4, 0.5) is 0 Å². The monoisotopic (exact) mass is 388 g/mol. The number of rotatable bonds is 7. The van der Waals surface area contributed by atoms with Gasteiger partial charge in [0.1, 0.15) is 10.8 Å². The van der Waals surface area contributed by atoms with E-state index in [1.807, 2.05) is 25.1 Å². The summed E-state index contributed by atoms with van der Waals surface area (Å²) < 4.78 is 32.7.